The largest absolute Gasteiger partial charge is 0.243 e. The molecule has 48 heavy (non-hydrogen) atoms. The maximum absolute atomic E-state index is 13.5. The van der Waals surface area contributed by atoms with Crippen LogP contribution in [0.3, 0.4) is 0 Å². The van der Waals surface area contributed by atoms with Gasteiger partial charge in [-0.05, 0) is 76.6 Å². The lowest BCUT2D eigenvalue weighted by atomic mass is 10.1. The molecule has 0 saturated heterocycles. The SMILES string of the molecule is Cc1ccc(S(=O)(=O)N(CCCCCCCCBr)CCCCCCCCN(CCCCCCCCBr)S(=O)(=O)c2ccc(C)cc2)cc1. The minimum atomic E-state index is -3.52. The van der Waals surface area contributed by atoms with E-state index in [9.17, 15) is 16.8 Å². The van der Waals surface area contributed by atoms with Crippen LogP contribution in [0.1, 0.15) is 127 Å². The molecule has 2 aromatic carbocycles. The summed E-state index contributed by atoms with van der Waals surface area (Å²) in [5.41, 5.74) is 2.10. The van der Waals surface area contributed by atoms with Crippen molar-refractivity contribution in [1.29, 1.82) is 0 Å². The summed E-state index contributed by atoms with van der Waals surface area (Å²) in [4.78, 5) is 0.760. The molecule has 2 aromatic rings. The molecule has 0 N–H and O–H groups in total. The quantitative estimate of drug-likeness (QED) is 0.0604. The van der Waals surface area contributed by atoms with Crippen LogP contribution in [0.5, 0.6) is 0 Å². The molecule has 0 amide bonds. The van der Waals surface area contributed by atoms with Crippen molar-refractivity contribution in [1.82, 2.24) is 8.61 Å². The van der Waals surface area contributed by atoms with Crippen molar-refractivity contribution in [2.75, 3.05) is 36.8 Å². The first kappa shape index (κ1) is 43.4. The molecule has 0 spiro atoms. The van der Waals surface area contributed by atoms with Crippen LogP contribution in [0.4, 0.5) is 0 Å². The number of aryl methyl sites for hydroxylation is 2. The molecule has 6 nitrogen and oxygen atoms in total. The minimum Gasteiger partial charge on any atom is -0.207 e. The fraction of sp³-hybridized carbons (Fsp3) is 0.684. The zero-order valence-electron chi connectivity index (χ0n) is 29.7. The molecule has 0 bridgehead atoms. The molecule has 274 valence electrons. The van der Waals surface area contributed by atoms with Crippen molar-refractivity contribution < 1.29 is 16.8 Å². The molecule has 0 aromatic heterocycles. The summed E-state index contributed by atoms with van der Waals surface area (Å²) in [6, 6.07) is 14.4. The number of rotatable bonds is 29. The van der Waals surface area contributed by atoms with E-state index in [1.54, 1.807) is 32.9 Å². The maximum atomic E-state index is 13.5. The second kappa shape index (κ2) is 25.2. The second-order valence-electron chi connectivity index (χ2n) is 13.2. The van der Waals surface area contributed by atoms with Gasteiger partial charge in [-0.1, -0.05) is 144 Å². The summed E-state index contributed by atoms with van der Waals surface area (Å²) in [7, 11) is -7.05. The average molecular weight is 835 g/mol. The number of benzene rings is 2. The third kappa shape index (κ3) is 17.0. The van der Waals surface area contributed by atoms with E-state index in [1.807, 2.05) is 38.1 Å². The van der Waals surface area contributed by atoms with Crippen LogP contribution in [0, 0.1) is 13.8 Å². The Morgan fingerprint density at radius 3 is 0.875 bits per heavy atom. The van der Waals surface area contributed by atoms with Gasteiger partial charge in [0.15, 0.2) is 0 Å². The van der Waals surface area contributed by atoms with Gasteiger partial charge >= 0.3 is 0 Å². The van der Waals surface area contributed by atoms with Gasteiger partial charge < -0.3 is 0 Å². The molecular weight excluding hydrogens is 772 g/mol. The normalized spacial score (nSPS) is 12.4. The van der Waals surface area contributed by atoms with Crippen LogP contribution < -0.4 is 0 Å². The van der Waals surface area contributed by atoms with Crippen molar-refractivity contribution in [2.24, 2.45) is 0 Å². The summed E-state index contributed by atoms with van der Waals surface area (Å²) in [5.74, 6) is 0. The monoisotopic (exact) mass is 832 g/mol. The van der Waals surface area contributed by atoms with Crippen molar-refractivity contribution in [3.8, 4) is 0 Å². The smallest absolute Gasteiger partial charge is 0.207 e. The van der Waals surface area contributed by atoms with E-state index in [0.29, 0.717) is 36.0 Å². The topological polar surface area (TPSA) is 74.8 Å². The van der Waals surface area contributed by atoms with Crippen molar-refractivity contribution in [3.63, 3.8) is 0 Å². The molecule has 10 heteroatoms. The van der Waals surface area contributed by atoms with E-state index >= 15 is 0 Å². The highest BCUT2D eigenvalue weighted by molar-refractivity contribution is 9.09. The van der Waals surface area contributed by atoms with Crippen molar-refractivity contribution in [3.05, 3.63) is 59.7 Å². The molecule has 0 heterocycles. The van der Waals surface area contributed by atoms with Crippen LogP contribution >= 0.6 is 31.9 Å². The summed E-state index contributed by atoms with van der Waals surface area (Å²) in [5, 5.41) is 2.09. The third-order valence-electron chi connectivity index (χ3n) is 8.96. The van der Waals surface area contributed by atoms with Gasteiger partial charge in [-0.25, -0.2) is 16.8 Å². The zero-order chi connectivity index (χ0) is 35.1. The summed E-state index contributed by atoms with van der Waals surface area (Å²) < 4.78 is 57.5. The van der Waals surface area contributed by atoms with E-state index < -0.39 is 20.0 Å². The van der Waals surface area contributed by atoms with Crippen LogP contribution in [0.15, 0.2) is 58.3 Å². The molecule has 0 radical (unpaired) electrons. The maximum Gasteiger partial charge on any atom is 0.243 e. The molecule has 0 aliphatic carbocycles. The molecule has 2 rings (SSSR count). The standard InChI is InChI=1S/C38H62Br2N2O4S2/c1-35-21-25-37(26-22-35)47(43,44)41(31-17-11-5-3-9-15-29-39)33-19-13-7-8-14-20-34-42(32-18-12-6-4-10-16-30-40)48(45,46)38-27-23-36(2)24-28-38/h21-28H,3-20,29-34H2,1-2H3. The first-order valence-corrected chi connectivity index (χ1v) is 23.5. The molecule has 0 saturated carbocycles. The number of hydrogen-bond acceptors (Lipinski definition) is 4. The minimum absolute atomic E-state index is 0.380. The van der Waals surface area contributed by atoms with Gasteiger partial charge in [0.1, 0.15) is 0 Å². The Morgan fingerprint density at radius 2 is 0.625 bits per heavy atom. The lowest BCUT2D eigenvalue weighted by Crippen LogP contribution is -2.33. The number of alkyl halides is 2. The third-order valence-corrected chi connectivity index (χ3v) is 13.9. The van der Waals surface area contributed by atoms with Gasteiger partial charge in [0, 0.05) is 36.8 Å². The Labute approximate surface area is 311 Å². The van der Waals surface area contributed by atoms with Gasteiger partial charge in [-0.2, -0.15) is 8.61 Å². The van der Waals surface area contributed by atoms with E-state index in [1.165, 1.54) is 38.5 Å². The highest BCUT2D eigenvalue weighted by Gasteiger charge is 2.25. The number of sulfonamides is 2. The van der Waals surface area contributed by atoms with E-state index in [0.717, 1.165) is 98.8 Å². The number of nitrogens with zero attached hydrogens (tertiary/aromatic N) is 2. The van der Waals surface area contributed by atoms with E-state index in [2.05, 4.69) is 31.9 Å². The summed E-state index contributed by atoms with van der Waals surface area (Å²) in [6.45, 7) is 6.16. The predicted octanol–water partition coefficient (Wildman–Crippen LogP) is 10.8. The number of hydrogen-bond donors (Lipinski definition) is 0. The van der Waals surface area contributed by atoms with Gasteiger partial charge in [-0.3, -0.25) is 0 Å². The lowest BCUT2D eigenvalue weighted by Gasteiger charge is -2.23. The Bertz CT molecular complexity index is 1220. The molecule has 0 aliphatic heterocycles. The van der Waals surface area contributed by atoms with Gasteiger partial charge in [-0.15, -0.1) is 0 Å². The Hall–Kier alpha value is -0.780. The second-order valence-corrected chi connectivity index (χ2v) is 18.6. The fourth-order valence-electron chi connectivity index (χ4n) is 5.89. The van der Waals surface area contributed by atoms with Crippen LogP contribution in [-0.4, -0.2) is 62.3 Å². The van der Waals surface area contributed by atoms with Crippen LogP contribution in [0.2, 0.25) is 0 Å². The van der Waals surface area contributed by atoms with Crippen molar-refractivity contribution in [2.45, 2.75) is 139 Å². The fourth-order valence-corrected chi connectivity index (χ4v) is 9.71. The molecule has 0 aliphatic rings. The molecule has 0 atom stereocenters. The number of unbranched alkanes of at least 4 members (excludes halogenated alkanes) is 15. The Morgan fingerprint density at radius 1 is 0.396 bits per heavy atom. The van der Waals surface area contributed by atoms with Crippen LogP contribution in [-0.2, 0) is 20.0 Å². The average Bonchev–Trinajstić information content (AvgIpc) is 3.06. The molecular formula is C38H62Br2N2O4S2. The summed E-state index contributed by atoms with van der Waals surface area (Å²) in [6.07, 6.45) is 19.0. The molecule has 0 unspecified atom stereocenters. The predicted molar refractivity (Wildman–Crippen MR) is 211 cm³/mol. The number of halogens is 2. The molecule has 0 fully saturated rings. The summed E-state index contributed by atoms with van der Waals surface area (Å²) >= 11 is 6.98. The lowest BCUT2D eigenvalue weighted by molar-refractivity contribution is 0.376. The Balaban J connectivity index is 1.83. The first-order valence-electron chi connectivity index (χ1n) is 18.4. The van der Waals surface area contributed by atoms with Gasteiger partial charge in [0.05, 0.1) is 9.79 Å². The van der Waals surface area contributed by atoms with Gasteiger partial charge in [0.2, 0.25) is 20.0 Å². The first-order chi connectivity index (χ1) is 23.1. The van der Waals surface area contributed by atoms with Crippen molar-refractivity contribution >= 4 is 51.9 Å². The Kier molecular flexibility index (Phi) is 22.8. The van der Waals surface area contributed by atoms with Crippen LogP contribution in [0.25, 0.3) is 0 Å². The van der Waals surface area contributed by atoms with Gasteiger partial charge in [0.25, 0.3) is 0 Å². The van der Waals surface area contributed by atoms with E-state index in [-0.39, 0.29) is 0 Å². The zero-order valence-corrected chi connectivity index (χ0v) is 34.5. The highest BCUT2D eigenvalue weighted by Crippen LogP contribution is 2.21. The van der Waals surface area contributed by atoms with E-state index in [4.69, 9.17) is 0 Å². The highest BCUT2D eigenvalue weighted by atomic mass is 79.9.